The van der Waals surface area contributed by atoms with Gasteiger partial charge in [-0.1, -0.05) is 101 Å². The Hall–Kier alpha value is -1.84. The van der Waals surface area contributed by atoms with Gasteiger partial charge in [-0.2, -0.15) is 0 Å². The van der Waals surface area contributed by atoms with E-state index in [4.69, 9.17) is 4.74 Å². The van der Waals surface area contributed by atoms with Gasteiger partial charge in [0.05, 0.1) is 23.2 Å². The molecule has 0 spiro atoms. The van der Waals surface area contributed by atoms with Crippen LogP contribution >= 0.6 is 0 Å². The van der Waals surface area contributed by atoms with Crippen molar-refractivity contribution in [1.29, 1.82) is 0 Å². The van der Waals surface area contributed by atoms with Crippen molar-refractivity contribution in [1.82, 2.24) is 20.4 Å². The van der Waals surface area contributed by atoms with E-state index in [0.717, 1.165) is 83.6 Å². The number of ether oxygens (including phenoxy) is 1. The maximum atomic E-state index is 14.4. The first-order valence-electron chi connectivity index (χ1n) is 22.6. The van der Waals surface area contributed by atoms with Crippen LogP contribution in [0, 0.1) is 16.2 Å². The minimum absolute atomic E-state index is 0.0812. The molecule has 2 aliphatic rings. The molecule has 1 unspecified atom stereocenters. The fourth-order valence-electron chi connectivity index (χ4n) is 10.0. The third kappa shape index (κ3) is 14.4. The number of carbonyl (C=O) groups is 4. The molecule has 2 heterocycles. The van der Waals surface area contributed by atoms with Crippen molar-refractivity contribution < 1.29 is 23.9 Å². The zero-order valence-electron chi connectivity index (χ0n) is 40.5. The van der Waals surface area contributed by atoms with Crippen LogP contribution in [-0.2, 0) is 19.1 Å². The van der Waals surface area contributed by atoms with E-state index in [1.807, 2.05) is 41.5 Å². The van der Waals surface area contributed by atoms with Crippen molar-refractivity contribution in [2.45, 2.75) is 241 Å². The van der Waals surface area contributed by atoms with E-state index in [9.17, 15) is 19.2 Å². The predicted octanol–water partition coefficient (Wildman–Crippen LogP) is 10.5. The number of unbranched alkanes of at least 4 members (excludes halogenated alkanes) is 5. The van der Waals surface area contributed by atoms with Crippen LogP contribution in [-0.4, -0.2) is 92.7 Å². The summed E-state index contributed by atoms with van der Waals surface area (Å²) in [6.07, 6.45) is 10.9. The molecule has 0 aromatic rings. The largest absolute Gasteiger partial charge is 0.449 e. The number of nitrogens with one attached hydrogen (secondary N) is 2. The molecule has 0 saturated carbocycles. The van der Waals surface area contributed by atoms with Crippen LogP contribution < -0.4 is 10.6 Å². The van der Waals surface area contributed by atoms with Gasteiger partial charge in [0.15, 0.2) is 17.3 Å². The van der Waals surface area contributed by atoms with E-state index in [2.05, 4.69) is 98.6 Å². The third-order valence-electron chi connectivity index (χ3n) is 11.8. The van der Waals surface area contributed by atoms with Gasteiger partial charge in [0.1, 0.15) is 0 Å². The van der Waals surface area contributed by atoms with E-state index in [1.165, 1.54) is 0 Å². The standard InChI is InChI=1S/C48H90N4O5/c1-40(2,3)36(53)46(49-43(10,11)12,28-23-21-24-29-48(38(55)42(7,8)9)30-26-32-52(48)45(16,17)18)27-22-19-20-25-34-57-39(56)51-33-31-47(35-51,50-44(13,14)15)37(54)41(4,5)6/h49-50H,19-35H2,1-18H3/t46?,47-,48-/m0/s1. The maximum absolute atomic E-state index is 14.4. The van der Waals surface area contributed by atoms with Crippen molar-refractivity contribution in [2.75, 3.05) is 26.2 Å². The molecule has 0 bridgehead atoms. The molecule has 57 heavy (non-hydrogen) atoms. The number of carbonyl (C=O) groups excluding carboxylic acids is 4. The second-order valence-corrected chi connectivity index (χ2v) is 24.1. The quantitative estimate of drug-likeness (QED) is 0.132. The van der Waals surface area contributed by atoms with Gasteiger partial charge in [-0.05, 0) is 114 Å². The van der Waals surface area contributed by atoms with Crippen LogP contribution in [0.15, 0.2) is 0 Å². The Balaban J connectivity index is 2.06. The number of amides is 1. The number of hydrogen-bond acceptors (Lipinski definition) is 8. The van der Waals surface area contributed by atoms with Crippen LogP contribution in [0.3, 0.4) is 0 Å². The fraction of sp³-hybridized carbons (Fsp3) is 0.917. The van der Waals surface area contributed by atoms with Gasteiger partial charge >= 0.3 is 6.09 Å². The van der Waals surface area contributed by atoms with Gasteiger partial charge in [-0.3, -0.25) is 24.6 Å². The second-order valence-electron chi connectivity index (χ2n) is 24.1. The average Bonchev–Trinajstić information content (AvgIpc) is 3.66. The lowest BCUT2D eigenvalue weighted by Crippen LogP contribution is -2.63. The minimum atomic E-state index is -0.787. The zero-order valence-corrected chi connectivity index (χ0v) is 40.5. The van der Waals surface area contributed by atoms with E-state index in [-0.39, 0.29) is 34.3 Å². The molecule has 1 amide bonds. The van der Waals surface area contributed by atoms with Gasteiger partial charge < -0.3 is 15.0 Å². The number of ketones is 3. The first kappa shape index (κ1) is 51.3. The van der Waals surface area contributed by atoms with Gasteiger partial charge in [0, 0.05) is 46.0 Å². The van der Waals surface area contributed by atoms with Gasteiger partial charge in [-0.25, -0.2) is 4.79 Å². The Kier molecular flexibility index (Phi) is 16.9. The minimum Gasteiger partial charge on any atom is -0.449 e. The lowest BCUT2D eigenvalue weighted by molar-refractivity contribution is -0.141. The monoisotopic (exact) mass is 803 g/mol. The molecule has 2 fully saturated rings. The van der Waals surface area contributed by atoms with Gasteiger partial charge in [-0.15, -0.1) is 0 Å². The third-order valence-corrected chi connectivity index (χ3v) is 11.8. The van der Waals surface area contributed by atoms with E-state index in [1.54, 1.807) is 4.90 Å². The van der Waals surface area contributed by atoms with Crippen LogP contribution in [0.4, 0.5) is 4.79 Å². The lowest BCUT2D eigenvalue weighted by atomic mass is 9.71. The van der Waals surface area contributed by atoms with Crippen LogP contribution in [0.5, 0.6) is 0 Å². The molecule has 2 rings (SSSR count). The summed E-state index contributed by atoms with van der Waals surface area (Å²) in [6.45, 7) is 39.5. The predicted molar refractivity (Wildman–Crippen MR) is 237 cm³/mol. The number of Topliss-reactive ketones (excluding diaryl/α,β-unsaturated/α-hetero) is 3. The molecule has 332 valence electrons. The van der Waals surface area contributed by atoms with Crippen molar-refractivity contribution in [3.8, 4) is 0 Å². The van der Waals surface area contributed by atoms with E-state index >= 15 is 0 Å². The Morgan fingerprint density at radius 3 is 1.60 bits per heavy atom. The lowest BCUT2D eigenvalue weighted by Gasteiger charge is -2.48. The molecular weight excluding hydrogens is 713 g/mol. The molecule has 9 heteroatoms. The molecule has 2 N–H and O–H groups in total. The summed E-state index contributed by atoms with van der Waals surface area (Å²) in [7, 11) is 0. The summed E-state index contributed by atoms with van der Waals surface area (Å²) in [4.78, 5) is 59.5. The molecular formula is C48H90N4O5. The summed E-state index contributed by atoms with van der Waals surface area (Å²) >= 11 is 0. The molecule has 9 nitrogen and oxygen atoms in total. The van der Waals surface area contributed by atoms with E-state index in [0.29, 0.717) is 31.9 Å². The normalized spacial score (nSPS) is 22.8. The Bertz CT molecular complexity index is 1370. The Morgan fingerprint density at radius 2 is 1.12 bits per heavy atom. The highest BCUT2D eigenvalue weighted by atomic mass is 16.6. The van der Waals surface area contributed by atoms with Crippen LogP contribution in [0.2, 0.25) is 0 Å². The molecule has 0 aliphatic carbocycles. The molecule has 3 atom stereocenters. The summed E-state index contributed by atoms with van der Waals surface area (Å²) in [5.74, 6) is 0.753. The summed E-state index contributed by atoms with van der Waals surface area (Å²) < 4.78 is 5.75. The first-order valence-corrected chi connectivity index (χ1v) is 22.6. The molecule has 0 aromatic heterocycles. The number of likely N-dealkylation sites (tertiary alicyclic amines) is 2. The van der Waals surface area contributed by atoms with Crippen molar-refractivity contribution in [2.24, 2.45) is 16.2 Å². The van der Waals surface area contributed by atoms with Gasteiger partial charge in [0.25, 0.3) is 0 Å². The number of nitrogens with zero attached hydrogens (tertiary/aromatic N) is 2. The highest BCUT2D eigenvalue weighted by Gasteiger charge is 2.54. The van der Waals surface area contributed by atoms with Crippen LogP contribution in [0.25, 0.3) is 0 Å². The molecule has 2 aliphatic heterocycles. The average molecular weight is 803 g/mol. The van der Waals surface area contributed by atoms with E-state index < -0.39 is 32.9 Å². The molecule has 2 saturated heterocycles. The zero-order chi connectivity index (χ0) is 44.1. The molecule has 0 aromatic carbocycles. The molecule has 0 radical (unpaired) electrons. The smallest absolute Gasteiger partial charge is 0.409 e. The Labute approximate surface area is 350 Å². The second kappa shape index (κ2) is 18.8. The first-order chi connectivity index (χ1) is 25.6. The Morgan fingerprint density at radius 1 is 0.596 bits per heavy atom. The van der Waals surface area contributed by atoms with Crippen molar-refractivity contribution in [3.63, 3.8) is 0 Å². The van der Waals surface area contributed by atoms with Crippen molar-refractivity contribution in [3.05, 3.63) is 0 Å². The summed E-state index contributed by atoms with van der Waals surface area (Å²) in [6, 6.07) is 0. The maximum Gasteiger partial charge on any atom is 0.409 e. The highest BCUT2D eigenvalue weighted by molar-refractivity contribution is 5.94. The highest BCUT2D eigenvalue weighted by Crippen LogP contribution is 2.44. The van der Waals surface area contributed by atoms with Crippen LogP contribution in [0.1, 0.15) is 208 Å². The summed E-state index contributed by atoms with van der Waals surface area (Å²) in [5.41, 5.74) is -3.91. The van der Waals surface area contributed by atoms with Crippen molar-refractivity contribution >= 4 is 23.4 Å². The number of hydrogen-bond donors (Lipinski definition) is 2. The number of rotatable bonds is 18. The van der Waals surface area contributed by atoms with Gasteiger partial charge in [0.2, 0.25) is 0 Å². The SMILES string of the molecule is CC(C)(C)NC(CCCCCCOC(=O)N1CC[C@@](NC(C)(C)C)(C(=O)C(C)(C)C)C1)(CCCCC[C@@]1(C(=O)C(C)(C)C)CCCN1C(C)(C)C)C(=O)C(C)(C)C. The summed E-state index contributed by atoms with van der Waals surface area (Å²) in [5, 5.41) is 7.41. The topological polar surface area (TPSA) is 108 Å². The fourth-order valence-corrected chi connectivity index (χ4v) is 10.0.